The van der Waals surface area contributed by atoms with E-state index in [1.54, 1.807) is 17.1 Å². The number of nitrogens with zero attached hydrogens (tertiary/aromatic N) is 4. The molecule has 12 heteroatoms. The zero-order valence-corrected chi connectivity index (χ0v) is 16.0. The number of aliphatic carboxylic acids is 3. The van der Waals surface area contributed by atoms with Crippen LogP contribution in [0.15, 0.2) is 12.4 Å². The average Bonchev–Trinajstić information content (AvgIpc) is 3.14. The Kier molecular flexibility index (Phi) is 8.05. The summed E-state index contributed by atoms with van der Waals surface area (Å²) in [6, 6.07) is 0. The zero-order valence-electron chi connectivity index (χ0n) is 16.0. The van der Waals surface area contributed by atoms with E-state index in [1.807, 2.05) is 0 Å². The summed E-state index contributed by atoms with van der Waals surface area (Å²) in [5.74, 6) is -4.78. The van der Waals surface area contributed by atoms with Crippen molar-refractivity contribution in [2.24, 2.45) is 11.7 Å². The fraction of sp³-hybridized carbons (Fsp3) is 0.706. The van der Waals surface area contributed by atoms with Gasteiger partial charge in [-0.3, -0.25) is 14.3 Å². The number of aromatic nitrogens is 3. The molecule has 1 aliphatic heterocycles. The molecule has 12 nitrogen and oxygen atoms in total. The molecule has 1 saturated heterocycles. The summed E-state index contributed by atoms with van der Waals surface area (Å²) in [7, 11) is 0. The van der Waals surface area contributed by atoms with Crippen LogP contribution in [-0.4, -0.2) is 84.6 Å². The van der Waals surface area contributed by atoms with Crippen LogP contribution in [-0.2, 0) is 25.7 Å². The van der Waals surface area contributed by atoms with Gasteiger partial charge >= 0.3 is 17.9 Å². The fourth-order valence-corrected chi connectivity index (χ4v) is 3.51. The Hall–Kier alpha value is -2.57. The van der Waals surface area contributed by atoms with Crippen molar-refractivity contribution < 1.29 is 34.4 Å². The maximum absolute atomic E-state index is 11.7. The van der Waals surface area contributed by atoms with Gasteiger partial charge in [0.15, 0.2) is 5.60 Å². The molecule has 1 fully saturated rings. The second-order valence-corrected chi connectivity index (χ2v) is 7.22. The largest absolute Gasteiger partial charge is 0.481 e. The van der Waals surface area contributed by atoms with Crippen molar-refractivity contribution in [1.82, 2.24) is 19.9 Å². The molecule has 0 amide bonds. The van der Waals surface area contributed by atoms with E-state index in [4.69, 9.17) is 20.7 Å². The molecule has 0 aliphatic carbocycles. The molecule has 0 bridgehead atoms. The Bertz CT molecular complexity index is 672. The molecule has 0 aromatic carbocycles. The maximum Gasteiger partial charge on any atom is 0.337 e. The molecule has 2 heterocycles. The number of rotatable bonds is 12. The van der Waals surface area contributed by atoms with Gasteiger partial charge in [-0.05, 0) is 38.9 Å². The van der Waals surface area contributed by atoms with Gasteiger partial charge < -0.3 is 30.7 Å². The van der Waals surface area contributed by atoms with E-state index in [2.05, 4.69) is 15.2 Å². The Labute approximate surface area is 167 Å². The van der Waals surface area contributed by atoms with Crippen LogP contribution in [0.5, 0.6) is 0 Å². The Balaban J connectivity index is 1.87. The molecule has 5 N–H and O–H groups in total. The van der Waals surface area contributed by atoms with Gasteiger partial charge in [0.1, 0.15) is 6.23 Å². The minimum atomic E-state index is -2.40. The first kappa shape index (κ1) is 22.7. The van der Waals surface area contributed by atoms with Gasteiger partial charge in [-0.1, -0.05) is 5.21 Å². The van der Waals surface area contributed by atoms with Crippen LogP contribution in [0, 0.1) is 5.92 Å². The molecule has 162 valence electrons. The number of likely N-dealkylation sites (tertiary alicyclic amines) is 1. The number of nitrogens with two attached hydrogens (primary N) is 1. The minimum Gasteiger partial charge on any atom is -0.481 e. The quantitative estimate of drug-likeness (QED) is 0.323. The highest BCUT2D eigenvalue weighted by molar-refractivity contribution is 5.88. The molecular weight excluding hydrogens is 386 g/mol. The highest BCUT2D eigenvalue weighted by Gasteiger charge is 2.47. The van der Waals surface area contributed by atoms with Gasteiger partial charge in [-0.15, -0.1) is 5.10 Å². The second kappa shape index (κ2) is 10.3. The number of ether oxygens (including phenoxy) is 1. The number of carboxylic acids is 3. The molecule has 0 radical (unpaired) electrons. The van der Waals surface area contributed by atoms with E-state index in [9.17, 15) is 19.5 Å². The van der Waals surface area contributed by atoms with Crippen molar-refractivity contribution in [3.05, 3.63) is 12.4 Å². The smallest absolute Gasteiger partial charge is 0.337 e. The lowest BCUT2D eigenvalue weighted by atomic mass is 9.92. The number of piperidine rings is 1. The lowest BCUT2D eigenvalue weighted by Crippen LogP contribution is -2.53. The highest BCUT2D eigenvalue weighted by Crippen LogP contribution is 2.28. The molecular formula is C17H27N5O7. The van der Waals surface area contributed by atoms with E-state index in [-0.39, 0.29) is 5.92 Å². The lowest BCUT2D eigenvalue weighted by Gasteiger charge is -2.37. The second-order valence-electron chi connectivity index (χ2n) is 7.22. The first-order valence-corrected chi connectivity index (χ1v) is 9.39. The molecule has 1 aromatic rings. The fourth-order valence-electron chi connectivity index (χ4n) is 3.51. The number of carboxylic acid groups (broad SMARTS) is 3. The topological polar surface area (TPSA) is 181 Å². The Morgan fingerprint density at radius 2 is 1.76 bits per heavy atom. The van der Waals surface area contributed by atoms with Crippen molar-refractivity contribution in [2.45, 2.75) is 50.5 Å². The predicted octanol–water partition coefficient (Wildman–Crippen LogP) is -0.546. The summed E-state index contributed by atoms with van der Waals surface area (Å²) in [6.07, 6.45) is 2.57. The number of aryl methyl sites for hydroxylation is 1. The zero-order chi connectivity index (χ0) is 21.4. The molecule has 1 aromatic heterocycles. The van der Waals surface area contributed by atoms with Crippen LogP contribution in [0.2, 0.25) is 0 Å². The summed E-state index contributed by atoms with van der Waals surface area (Å²) in [4.78, 5) is 36.1. The Morgan fingerprint density at radius 1 is 1.14 bits per heavy atom. The average molecular weight is 413 g/mol. The van der Waals surface area contributed by atoms with Crippen LogP contribution in [0.25, 0.3) is 0 Å². The predicted molar refractivity (Wildman–Crippen MR) is 97.7 cm³/mol. The third kappa shape index (κ3) is 6.76. The van der Waals surface area contributed by atoms with E-state index in [0.29, 0.717) is 12.8 Å². The van der Waals surface area contributed by atoms with Gasteiger partial charge in [0.05, 0.1) is 19.0 Å². The summed E-state index contributed by atoms with van der Waals surface area (Å²) in [5, 5.41) is 35.2. The van der Waals surface area contributed by atoms with Crippen molar-refractivity contribution in [3.8, 4) is 0 Å². The van der Waals surface area contributed by atoms with Gasteiger partial charge in [0.2, 0.25) is 0 Å². The van der Waals surface area contributed by atoms with E-state index in [1.165, 1.54) is 0 Å². The van der Waals surface area contributed by atoms with Gasteiger partial charge in [0.25, 0.3) is 0 Å². The lowest BCUT2D eigenvalue weighted by molar-refractivity contribution is -0.191. The van der Waals surface area contributed by atoms with Crippen LogP contribution in [0.4, 0.5) is 0 Å². The summed E-state index contributed by atoms with van der Waals surface area (Å²) in [5.41, 5.74) is 3.63. The summed E-state index contributed by atoms with van der Waals surface area (Å²) >= 11 is 0. The number of hydrogen-bond donors (Lipinski definition) is 4. The first-order chi connectivity index (χ1) is 13.7. The van der Waals surface area contributed by atoms with Crippen LogP contribution in [0.3, 0.4) is 0 Å². The molecule has 29 heavy (non-hydrogen) atoms. The molecule has 1 aliphatic rings. The van der Waals surface area contributed by atoms with E-state index in [0.717, 1.165) is 32.6 Å². The minimum absolute atomic E-state index is 0.192. The summed E-state index contributed by atoms with van der Waals surface area (Å²) < 4.78 is 7.16. The number of carbonyl (C=O) groups is 3. The third-order valence-corrected chi connectivity index (χ3v) is 5.06. The van der Waals surface area contributed by atoms with E-state index >= 15 is 0 Å². The molecule has 1 atom stereocenters. The van der Waals surface area contributed by atoms with Gasteiger partial charge in [-0.2, -0.15) is 0 Å². The normalized spacial score (nSPS) is 17.1. The monoisotopic (exact) mass is 413 g/mol. The molecule has 0 saturated carbocycles. The van der Waals surface area contributed by atoms with Gasteiger partial charge in [0, 0.05) is 18.7 Å². The standard InChI is InChI=1S/C17H27N5O7/c18-15(29-17(16(27)28,10-13(23)24)11-14(25)26)12-2-7-21(8-3-12)5-1-6-22-9-4-19-20-22/h4,9,12,15H,1-3,5-8,10-11,18H2,(H,23,24)(H,25,26)(H,27,28). The van der Waals surface area contributed by atoms with Gasteiger partial charge in [-0.25, -0.2) is 4.79 Å². The van der Waals surface area contributed by atoms with Crippen molar-refractivity contribution in [1.29, 1.82) is 0 Å². The van der Waals surface area contributed by atoms with Crippen LogP contribution in [0.1, 0.15) is 32.1 Å². The first-order valence-electron chi connectivity index (χ1n) is 9.39. The third-order valence-electron chi connectivity index (χ3n) is 5.06. The van der Waals surface area contributed by atoms with Crippen molar-refractivity contribution in [2.75, 3.05) is 19.6 Å². The Morgan fingerprint density at radius 3 is 2.24 bits per heavy atom. The van der Waals surface area contributed by atoms with E-state index < -0.39 is 42.6 Å². The molecule has 0 spiro atoms. The summed E-state index contributed by atoms with van der Waals surface area (Å²) in [6.45, 7) is 3.09. The van der Waals surface area contributed by atoms with Crippen LogP contribution >= 0.6 is 0 Å². The number of hydrogen-bond acceptors (Lipinski definition) is 8. The van der Waals surface area contributed by atoms with Crippen LogP contribution < -0.4 is 5.73 Å². The maximum atomic E-state index is 11.7. The van der Waals surface area contributed by atoms with Crippen molar-refractivity contribution >= 4 is 17.9 Å². The molecule has 2 rings (SSSR count). The highest BCUT2D eigenvalue weighted by atomic mass is 16.5. The van der Waals surface area contributed by atoms with Crippen molar-refractivity contribution in [3.63, 3.8) is 0 Å². The molecule has 1 unspecified atom stereocenters. The SMILES string of the molecule is NC(OC(CC(=O)O)(CC(=O)O)C(=O)O)C1CCN(CCCn2ccnn2)CC1.